The monoisotopic (exact) mass is 246 g/mol. The molecule has 3 N–H and O–H groups in total. The third kappa shape index (κ3) is 3.65. The van der Waals surface area contributed by atoms with Crippen LogP contribution >= 0.6 is 23.2 Å². The summed E-state index contributed by atoms with van der Waals surface area (Å²) in [6.45, 7) is 0.708. The number of nitrogens with two attached hydrogens (primary N) is 1. The summed E-state index contributed by atoms with van der Waals surface area (Å²) in [4.78, 5) is 0. The molecule has 1 rings (SSSR count). The van der Waals surface area contributed by atoms with Crippen LogP contribution in [0.2, 0.25) is 10.0 Å². The molecule has 0 aliphatic heterocycles. The van der Waals surface area contributed by atoms with E-state index in [1.807, 2.05) is 25.2 Å². The molecule has 0 aliphatic rings. The average Bonchev–Trinajstić information content (AvgIpc) is 2.24. The summed E-state index contributed by atoms with van der Waals surface area (Å²) in [5.74, 6) is 0. The van der Waals surface area contributed by atoms with Crippen molar-refractivity contribution in [2.75, 3.05) is 13.6 Å². The fourth-order valence-corrected chi connectivity index (χ4v) is 1.84. The van der Waals surface area contributed by atoms with Crippen molar-refractivity contribution in [3.8, 4) is 0 Å². The zero-order valence-corrected chi connectivity index (χ0v) is 10.3. The third-order valence-corrected chi connectivity index (χ3v) is 3.13. The van der Waals surface area contributed by atoms with E-state index in [4.69, 9.17) is 28.9 Å². The summed E-state index contributed by atoms with van der Waals surface area (Å²) in [5, 5.41) is 4.43. The van der Waals surface area contributed by atoms with E-state index < -0.39 is 0 Å². The standard InChI is InChI=1S/C11H16Cl2N2/c1-15-11(3-2-6-14)8-4-5-9(12)10(13)7-8/h4-5,7,11,15H,2-3,6,14H2,1H3. The van der Waals surface area contributed by atoms with E-state index in [1.165, 1.54) is 0 Å². The van der Waals surface area contributed by atoms with Crippen LogP contribution in [0, 0.1) is 0 Å². The van der Waals surface area contributed by atoms with Crippen LogP contribution in [0.1, 0.15) is 24.4 Å². The van der Waals surface area contributed by atoms with Crippen LogP contribution in [0.4, 0.5) is 0 Å². The van der Waals surface area contributed by atoms with Crippen molar-refractivity contribution >= 4 is 23.2 Å². The van der Waals surface area contributed by atoms with Gasteiger partial charge < -0.3 is 11.1 Å². The second kappa shape index (κ2) is 6.33. The number of benzene rings is 1. The first-order valence-electron chi connectivity index (χ1n) is 5.01. The molecular weight excluding hydrogens is 231 g/mol. The van der Waals surface area contributed by atoms with E-state index in [1.54, 1.807) is 0 Å². The molecule has 1 aromatic rings. The molecule has 1 aromatic carbocycles. The highest BCUT2D eigenvalue weighted by Gasteiger charge is 2.09. The summed E-state index contributed by atoms with van der Waals surface area (Å²) in [7, 11) is 1.93. The SMILES string of the molecule is CNC(CCCN)c1ccc(Cl)c(Cl)c1. The van der Waals surface area contributed by atoms with Gasteiger partial charge in [-0.15, -0.1) is 0 Å². The molecule has 4 heteroatoms. The minimum Gasteiger partial charge on any atom is -0.330 e. The molecule has 0 heterocycles. The number of hydrogen-bond acceptors (Lipinski definition) is 2. The first-order valence-corrected chi connectivity index (χ1v) is 5.77. The van der Waals surface area contributed by atoms with Gasteiger partial charge in [0.1, 0.15) is 0 Å². The molecule has 0 saturated heterocycles. The van der Waals surface area contributed by atoms with Gasteiger partial charge in [-0.2, -0.15) is 0 Å². The lowest BCUT2D eigenvalue weighted by molar-refractivity contribution is 0.531. The summed E-state index contributed by atoms with van der Waals surface area (Å²) < 4.78 is 0. The van der Waals surface area contributed by atoms with Crippen molar-refractivity contribution in [1.29, 1.82) is 0 Å². The molecule has 1 atom stereocenters. The van der Waals surface area contributed by atoms with Gasteiger partial charge in [-0.3, -0.25) is 0 Å². The third-order valence-electron chi connectivity index (χ3n) is 2.39. The Bertz CT molecular complexity index is 315. The van der Waals surface area contributed by atoms with E-state index >= 15 is 0 Å². The van der Waals surface area contributed by atoms with Crippen LogP contribution in [0.3, 0.4) is 0 Å². The van der Waals surface area contributed by atoms with Gasteiger partial charge in [-0.25, -0.2) is 0 Å². The largest absolute Gasteiger partial charge is 0.330 e. The summed E-state index contributed by atoms with van der Waals surface area (Å²) in [5.41, 5.74) is 6.64. The Morgan fingerprint density at radius 1 is 1.33 bits per heavy atom. The summed E-state index contributed by atoms with van der Waals surface area (Å²) in [6.07, 6.45) is 2.00. The van der Waals surface area contributed by atoms with Crippen LogP contribution in [0.25, 0.3) is 0 Å². The lowest BCUT2D eigenvalue weighted by Gasteiger charge is -2.16. The zero-order valence-electron chi connectivity index (χ0n) is 8.76. The van der Waals surface area contributed by atoms with E-state index in [2.05, 4.69) is 5.32 Å². The molecular formula is C11H16Cl2N2. The molecule has 0 aliphatic carbocycles. The number of nitrogens with one attached hydrogen (secondary N) is 1. The Morgan fingerprint density at radius 2 is 2.07 bits per heavy atom. The smallest absolute Gasteiger partial charge is 0.0595 e. The van der Waals surface area contributed by atoms with Crippen molar-refractivity contribution in [1.82, 2.24) is 5.32 Å². The highest BCUT2D eigenvalue weighted by atomic mass is 35.5. The van der Waals surface area contributed by atoms with Gasteiger partial charge in [0.15, 0.2) is 0 Å². The molecule has 1 unspecified atom stereocenters. The van der Waals surface area contributed by atoms with Gasteiger partial charge in [0.25, 0.3) is 0 Å². The van der Waals surface area contributed by atoms with Crippen molar-refractivity contribution in [3.05, 3.63) is 33.8 Å². The van der Waals surface area contributed by atoms with Crippen LogP contribution in [-0.4, -0.2) is 13.6 Å². The Balaban J connectivity index is 2.78. The maximum Gasteiger partial charge on any atom is 0.0595 e. The van der Waals surface area contributed by atoms with Crippen LogP contribution in [0.5, 0.6) is 0 Å². The Kier molecular flexibility index (Phi) is 5.40. The predicted molar refractivity (Wildman–Crippen MR) is 66.6 cm³/mol. The lowest BCUT2D eigenvalue weighted by Crippen LogP contribution is -2.17. The first kappa shape index (κ1) is 12.8. The molecule has 2 nitrogen and oxygen atoms in total. The Labute approximate surface area is 101 Å². The fraction of sp³-hybridized carbons (Fsp3) is 0.455. The van der Waals surface area contributed by atoms with Gasteiger partial charge in [-0.05, 0) is 44.1 Å². The molecule has 0 saturated carbocycles. The van der Waals surface area contributed by atoms with Gasteiger partial charge >= 0.3 is 0 Å². The van der Waals surface area contributed by atoms with Crippen molar-refractivity contribution in [3.63, 3.8) is 0 Å². The zero-order chi connectivity index (χ0) is 11.3. The normalized spacial score (nSPS) is 12.8. The molecule has 0 fully saturated rings. The maximum atomic E-state index is 5.96. The van der Waals surface area contributed by atoms with Crippen LogP contribution < -0.4 is 11.1 Å². The number of halogens is 2. The van der Waals surface area contributed by atoms with Crippen molar-refractivity contribution < 1.29 is 0 Å². The van der Waals surface area contributed by atoms with Gasteiger partial charge in [0.2, 0.25) is 0 Å². The van der Waals surface area contributed by atoms with E-state index in [0.717, 1.165) is 18.4 Å². The number of rotatable bonds is 5. The van der Waals surface area contributed by atoms with Gasteiger partial charge in [0, 0.05) is 6.04 Å². The second-order valence-corrected chi connectivity index (χ2v) is 4.26. The highest BCUT2D eigenvalue weighted by Crippen LogP contribution is 2.27. The van der Waals surface area contributed by atoms with Gasteiger partial charge in [-0.1, -0.05) is 29.3 Å². The molecule has 0 amide bonds. The van der Waals surface area contributed by atoms with Crippen LogP contribution in [-0.2, 0) is 0 Å². The van der Waals surface area contributed by atoms with Crippen molar-refractivity contribution in [2.45, 2.75) is 18.9 Å². The molecule has 0 bridgehead atoms. The molecule has 0 radical (unpaired) electrons. The average molecular weight is 247 g/mol. The minimum absolute atomic E-state index is 0.295. The molecule has 15 heavy (non-hydrogen) atoms. The fourth-order valence-electron chi connectivity index (χ4n) is 1.53. The lowest BCUT2D eigenvalue weighted by atomic mass is 10.0. The van der Waals surface area contributed by atoms with E-state index in [-0.39, 0.29) is 0 Å². The molecule has 0 aromatic heterocycles. The van der Waals surface area contributed by atoms with E-state index in [0.29, 0.717) is 22.6 Å². The minimum atomic E-state index is 0.295. The summed E-state index contributed by atoms with van der Waals surface area (Å²) >= 11 is 11.8. The van der Waals surface area contributed by atoms with E-state index in [9.17, 15) is 0 Å². The first-order chi connectivity index (χ1) is 7.19. The number of hydrogen-bond donors (Lipinski definition) is 2. The van der Waals surface area contributed by atoms with Gasteiger partial charge in [0.05, 0.1) is 10.0 Å². The molecule has 0 spiro atoms. The highest BCUT2D eigenvalue weighted by molar-refractivity contribution is 6.42. The second-order valence-electron chi connectivity index (χ2n) is 3.45. The molecule has 84 valence electrons. The quantitative estimate of drug-likeness (QED) is 0.839. The predicted octanol–water partition coefficient (Wildman–Crippen LogP) is 2.99. The topological polar surface area (TPSA) is 38.0 Å². The maximum absolute atomic E-state index is 5.96. The Morgan fingerprint density at radius 3 is 2.60 bits per heavy atom. The Hall–Kier alpha value is -0.280. The van der Waals surface area contributed by atoms with Crippen LogP contribution in [0.15, 0.2) is 18.2 Å². The summed E-state index contributed by atoms with van der Waals surface area (Å²) in [6, 6.07) is 6.02. The van der Waals surface area contributed by atoms with Crippen molar-refractivity contribution in [2.24, 2.45) is 5.73 Å².